The SMILES string of the molecule is O=C(CCCN1CCCCC1)N1N=C(C2C=C(F)C=CC2F)SC12CCc1ccccc12. The van der Waals surface area contributed by atoms with E-state index in [9.17, 15) is 13.6 Å². The third-order valence-electron chi connectivity index (χ3n) is 6.94. The van der Waals surface area contributed by atoms with Gasteiger partial charge >= 0.3 is 0 Å². The number of hydrazone groups is 1. The molecular weight excluding hydrogens is 428 g/mol. The number of halogens is 2. The number of rotatable bonds is 5. The molecule has 2 aliphatic heterocycles. The Morgan fingerprint density at radius 1 is 1.22 bits per heavy atom. The van der Waals surface area contributed by atoms with Gasteiger partial charge in [0.2, 0.25) is 5.91 Å². The topological polar surface area (TPSA) is 35.9 Å². The van der Waals surface area contributed by atoms with E-state index in [4.69, 9.17) is 0 Å². The lowest BCUT2D eigenvalue weighted by Crippen LogP contribution is -2.40. The van der Waals surface area contributed by atoms with Crippen LogP contribution in [0.4, 0.5) is 8.78 Å². The number of fused-ring (bicyclic) bond motifs is 2. The van der Waals surface area contributed by atoms with Gasteiger partial charge in [0.05, 0.1) is 5.92 Å². The minimum atomic E-state index is -1.34. The Morgan fingerprint density at radius 3 is 2.88 bits per heavy atom. The van der Waals surface area contributed by atoms with Crippen molar-refractivity contribution in [3.63, 3.8) is 0 Å². The van der Waals surface area contributed by atoms with E-state index >= 15 is 0 Å². The van der Waals surface area contributed by atoms with E-state index in [1.165, 1.54) is 48.7 Å². The van der Waals surface area contributed by atoms with Gasteiger partial charge in [0.25, 0.3) is 0 Å². The molecular formula is C25H29F2N3OS. The Morgan fingerprint density at radius 2 is 2.03 bits per heavy atom. The van der Waals surface area contributed by atoms with Crippen LogP contribution >= 0.6 is 11.8 Å². The predicted octanol–water partition coefficient (Wildman–Crippen LogP) is 5.32. The Hall–Kier alpha value is -1.99. The zero-order valence-electron chi connectivity index (χ0n) is 18.2. The number of likely N-dealkylation sites (tertiary alicyclic amines) is 1. The van der Waals surface area contributed by atoms with Gasteiger partial charge in [-0.15, -0.1) is 0 Å². The van der Waals surface area contributed by atoms with Crippen LogP contribution < -0.4 is 0 Å². The van der Waals surface area contributed by atoms with Crippen LogP contribution in [0, 0.1) is 5.92 Å². The van der Waals surface area contributed by atoms with Crippen LogP contribution in [0.5, 0.6) is 0 Å². The first-order valence-electron chi connectivity index (χ1n) is 11.7. The van der Waals surface area contributed by atoms with Crippen molar-refractivity contribution in [3.05, 3.63) is 59.4 Å². The highest BCUT2D eigenvalue weighted by Gasteiger charge is 2.53. The maximum absolute atomic E-state index is 14.7. The van der Waals surface area contributed by atoms with Gasteiger partial charge in [-0.3, -0.25) is 4.79 Å². The summed E-state index contributed by atoms with van der Waals surface area (Å²) in [5.74, 6) is -1.28. The molecule has 0 aromatic heterocycles. The van der Waals surface area contributed by atoms with Crippen LogP contribution in [0.1, 0.15) is 49.7 Å². The number of hydrogen-bond acceptors (Lipinski definition) is 4. The molecule has 1 aromatic rings. The first kappa shape index (κ1) is 21.8. The van der Waals surface area contributed by atoms with Crippen molar-refractivity contribution in [2.45, 2.75) is 56.0 Å². The van der Waals surface area contributed by atoms with E-state index in [1.807, 2.05) is 18.2 Å². The largest absolute Gasteiger partial charge is 0.303 e. The molecule has 0 saturated carbocycles. The fourth-order valence-corrected chi connectivity index (χ4v) is 6.81. The molecule has 170 valence electrons. The van der Waals surface area contributed by atoms with Crippen molar-refractivity contribution >= 4 is 22.7 Å². The maximum Gasteiger partial charge on any atom is 0.244 e. The number of amides is 1. The quantitative estimate of drug-likeness (QED) is 0.601. The molecule has 1 fully saturated rings. The number of benzene rings is 1. The molecule has 1 amide bonds. The summed E-state index contributed by atoms with van der Waals surface area (Å²) >= 11 is 1.43. The summed E-state index contributed by atoms with van der Waals surface area (Å²) in [5.41, 5.74) is 2.27. The highest BCUT2D eigenvalue weighted by Crippen LogP contribution is 2.55. The first-order chi connectivity index (χ1) is 15.6. The van der Waals surface area contributed by atoms with Crippen LogP contribution in [0.2, 0.25) is 0 Å². The second-order valence-electron chi connectivity index (χ2n) is 9.07. The Balaban J connectivity index is 1.38. The number of carbonyl (C=O) groups excluding carboxylic acids is 1. The predicted molar refractivity (Wildman–Crippen MR) is 125 cm³/mol. The average molecular weight is 458 g/mol. The van der Waals surface area contributed by atoms with Gasteiger partial charge in [0.15, 0.2) is 0 Å². The number of nitrogens with zero attached hydrogens (tertiary/aromatic N) is 3. The van der Waals surface area contributed by atoms with Crippen LogP contribution in [0.3, 0.4) is 0 Å². The summed E-state index contributed by atoms with van der Waals surface area (Å²) in [4.78, 5) is 15.2. The molecule has 2 aliphatic carbocycles. The minimum Gasteiger partial charge on any atom is -0.303 e. The number of thioether (sulfide) groups is 1. The number of aryl methyl sites for hydroxylation is 1. The van der Waals surface area contributed by atoms with Crippen molar-refractivity contribution in [2.75, 3.05) is 19.6 Å². The molecule has 0 N–H and O–H groups in total. The lowest BCUT2D eigenvalue weighted by molar-refractivity contribution is -0.134. The van der Waals surface area contributed by atoms with Gasteiger partial charge in [-0.2, -0.15) is 5.10 Å². The molecule has 4 nitrogen and oxygen atoms in total. The minimum absolute atomic E-state index is 0.0348. The molecule has 0 radical (unpaired) electrons. The molecule has 3 unspecified atom stereocenters. The Labute approximate surface area is 192 Å². The third-order valence-corrected chi connectivity index (χ3v) is 8.44. The summed E-state index contributed by atoms with van der Waals surface area (Å²) in [7, 11) is 0. The number of allylic oxidation sites excluding steroid dienone is 4. The molecule has 1 aromatic carbocycles. The van der Waals surface area contributed by atoms with Crippen LogP contribution in [-0.2, 0) is 16.1 Å². The molecule has 7 heteroatoms. The molecule has 3 atom stereocenters. The molecule has 2 heterocycles. The molecule has 1 spiro atoms. The van der Waals surface area contributed by atoms with Crippen LogP contribution in [0.25, 0.3) is 0 Å². The van der Waals surface area contributed by atoms with Crippen LogP contribution in [-0.4, -0.2) is 46.7 Å². The zero-order valence-corrected chi connectivity index (χ0v) is 19.0. The monoisotopic (exact) mass is 457 g/mol. The molecule has 5 rings (SSSR count). The van der Waals surface area contributed by atoms with Crippen molar-refractivity contribution in [2.24, 2.45) is 11.0 Å². The van der Waals surface area contributed by atoms with Gasteiger partial charge in [-0.05, 0) is 81.1 Å². The molecule has 4 aliphatic rings. The Bertz CT molecular complexity index is 972. The zero-order chi connectivity index (χ0) is 22.1. The summed E-state index contributed by atoms with van der Waals surface area (Å²) in [6, 6.07) is 8.12. The van der Waals surface area contributed by atoms with E-state index in [1.54, 1.807) is 5.01 Å². The van der Waals surface area contributed by atoms with Crippen molar-refractivity contribution in [1.82, 2.24) is 9.91 Å². The highest BCUT2D eigenvalue weighted by atomic mass is 32.2. The average Bonchev–Trinajstić information content (AvgIpc) is 3.38. The van der Waals surface area contributed by atoms with E-state index in [0.29, 0.717) is 11.5 Å². The van der Waals surface area contributed by atoms with Crippen LogP contribution in [0.15, 0.2) is 53.4 Å². The second-order valence-corrected chi connectivity index (χ2v) is 10.4. The summed E-state index contributed by atoms with van der Waals surface area (Å²) in [6.07, 6.45) is 8.86. The van der Waals surface area contributed by atoms with Gasteiger partial charge in [0.1, 0.15) is 21.9 Å². The molecule has 32 heavy (non-hydrogen) atoms. The van der Waals surface area contributed by atoms with E-state index in [0.717, 1.165) is 50.5 Å². The fourth-order valence-electron chi connectivity index (χ4n) is 5.26. The third kappa shape index (κ3) is 4.05. The molecule has 1 saturated heterocycles. The van der Waals surface area contributed by atoms with Gasteiger partial charge < -0.3 is 4.90 Å². The first-order valence-corrected chi connectivity index (χ1v) is 12.5. The van der Waals surface area contributed by atoms with E-state index in [-0.39, 0.29) is 5.91 Å². The van der Waals surface area contributed by atoms with Crippen molar-refractivity contribution in [3.8, 4) is 0 Å². The fraction of sp³-hybridized carbons (Fsp3) is 0.520. The standard InChI is InChI=1S/C25H29F2N3OS/c26-19-10-11-22(27)20(17-19)24-28-30(23(31)9-6-16-29-14-4-1-5-15-29)25(32-24)13-12-18-7-2-3-8-21(18)25/h2-3,7-8,10-11,17,20,22H,1,4-6,9,12-16H2. The lowest BCUT2D eigenvalue weighted by Gasteiger charge is -2.33. The van der Waals surface area contributed by atoms with Gasteiger partial charge in [-0.25, -0.2) is 13.8 Å². The second kappa shape index (κ2) is 9.10. The van der Waals surface area contributed by atoms with Gasteiger partial charge in [-0.1, -0.05) is 42.4 Å². The van der Waals surface area contributed by atoms with Crippen molar-refractivity contribution < 1.29 is 13.6 Å². The lowest BCUT2D eigenvalue weighted by atomic mass is 9.99. The van der Waals surface area contributed by atoms with Crippen molar-refractivity contribution in [1.29, 1.82) is 0 Å². The summed E-state index contributed by atoms with van der Waals surface area (Å²) < 4.78 is 28.6. The number of carbonyl (C=O) groups is 1. The highest BCUT2D eigenvalue weighted by molar-refractivity contribution is 8.15. The van der Waals surface area contributed by atoms with E-state index < -0.39 is 22.8 Å². The number of piperidine rings is 1. The smallest absolute Gasteiger partial charge is 0.244 e. The van der Waals surface area contributed by atoms with E-state index in [2.05, 4.69) is 16.1 Å². The Kier molecular flexibility index (Phi) is 6.21. The summed E-state index contributed by atoms with van der Waals surface area (Å²) in [6.45, 7) is 3.14. The molecule has 0 bridgehead atoms. The normalized spacial score (nSPS) is 29.9. The summed E-state index contributed by atoms with van der Waals surface area (Å²) in [5, 5.41) is 6.75. The number of hydrogen-bond donors (Lipinski definition) is 0. The van der Waals surface area contributed by atoms with Gasteiger partial charge in [0, 0.05) is 6.42 Å². The number of alkyl halides is 1. The maximum atomic E-state index is 14.7.